The predicted molar refractivity (Wildman–Crippen MR) is 114 cm³/mol. The fraction of sp³-hybridized carbons (Fsp3) is 0.0870. The number of aromatic nitrogens is 1. The highest BCUT2D eigenvalue weighted by Gasteiger charge is 2.35. The van der Waals surface area contributed by atoms with Crippen molar-refractivity contribution in [2.24, 2.45) is 0 Å². The van der Waals surface area contributed by atoms with Crippen LogP contribution in [0.1, 0.15) is 5.56 Å². The Morgan fingerprint density at radius 3 is 2.46 bits per heavy atom. The van der Waals surface area contributed by atoms with E-state index in [0.29, 0.717) is 12.1 Å². The van der Waals surface area contributed by atoms with Crippen LogP contribution in [0.15, 0.2) is 79.0 Å². The van der Waals surface area contributed by atoms with Gasteiger partial charge in [0, 0.05) is 23.5 Å². The summed E-state index contributed by atoms with van der Waals surface area (Å²) in [4.78, 5) is 18.5. The zero-order valence-corrected chi connectivity index (χ0v) is 15.2. The molecule has 0 saturated heterocycles. The zero-order chi connectivity index (χ0) is 19.1. The first-order valence-electron chi connectivity index (χ1n) is 9.31. The van der Waals surface area contributed by atoms with E-state index in [4.69, 9.17) is 5.73 Å². The Hall–Kier alpha value is -3.73. The second-order valence-corrected chi connectivity index (χ2v) is 7.01. The standard InChI is InChI=1S/C23H20N4O/c24-17-8-2-5-11-20(17)27-21-12-6-4-10-19(21)26-23(28)22(27)13-15-14-25-18-9-3-1-7-16(15)18/h1-12,14,22,25H,13,24H2,(H,26,28). The normalized spacial score (nSPS) is 16.1. The van der Waals surface area contributed by atoms with Crippen molar-refractivity contribution in [3.8, 4) is 0 Å². The average molecular weight is 368 g/mol. The first-order valence-corrected chi connectivity index (χ1v) is 9.31. The summed E-state index contributed by atoms with van der Waals surface area (Å²) in [7, 11) is 0. The number of hydrogen-bond acceptors (Lipinski definition) is 3. The van der Waals surface area contributed by atoms with Crippen LogP contribution in [0.3, 0.4) is 0 Å². The van der Waals surface area contributed by atoms with E-state index in [0.717, 1.165) is 33.5 Å². The minimum absolute atomic E-state index is 0.0350. The third-order valence-corrected chi connectivity index (χ3v) is 5.32. The molecule has 28 heavy (non-hydrogen) atoms. The molecule has 0 bridgehead atoms. The molecule has 5 rings (SSSR count). The Kier molecular flexibility index (Phi) is 3.79. The van der Waals surface area contributed by atoms with Gasteiger partial charge in [-0.3, -0.25) is 4.79 Å². The second kappa shape index (κ2) is 6.46. The van der Waals surface area contributed by atoms with Crippen molar-refractivity contribution < 1.29 is 4.79 Å². The van der Waals surface area contributed by atoms with Crippen molar-refractivity contribution in [3.05, 3.63) is 84.6 Å². The van der Waals surface area contributed by atoms with Gasteiger partial charge in [0.1, 0.15) is 6.04 Å². The maximum absolute atomic E-state index is 13.1. The number of amides is 1. The molecular weight excluding hydrogens is 348 g/mol. The number of nitrogens with one attached hydrogen (secondary N) is 2. The fourth-order valence-electron chi connectivity index (χ4n) is 3.99. The van der Waals surface area contributed by atoms with Crippen molar-refractivity contribution >= 4 is 39.6 Å². The Morgan fingerprint density at radius 2 is 1.61 bits per heavy atom. The molecular formula is C23H20N4O. The summed E-state index contributed by atoms with van der Waals surface area (Å²) in [6, 6.07) is 23.3. The molecule has 138 valence electrons. The van der Waals surface area contributed by atoms with Crippen molar-refractivity contribution in [1.29, 1.82) is 0 Å². The lowest BCUT2D eigenvalue weighted by Crippen LogP contribution is -2.47. The van der Waals surface area contributed by atoms with Crippen LogP contribution in [0.5, 0.6) is 0 Å². The molecule has 4 aromatic rings. The van der Waals surface area contributed by atoms with Gasteiger partial charge in [-0.25, -0.2) is 0 Å². The minimum atomic E-state index is -0.404. The van der Waals surface area contributed by atoms with E-state index < -0.39 is 6.04 Å². The van der Waals surface area contributed by atoms with Gasteiger partial charge in [-0.1, -0.05) is 42.5 Å². The smallest absolute Gasteiger partial charge is 0.247 e. The molecule has 1 amide bonds. The molecule has 5 heteroatoms. The number of fused-ring (bicyclic) bond motifs is 2. The monoisotopic (exact) mass is 368 g/mol. The van der Waals surface area contributed by atoms with Crippen LogP contribution < -0.4 is 16.0 Å². The Labute approximate surface area is 162 Å². The van der Waals surface area contributed by atoms with Crippen LogP contribution >= 0.6 is 0 Å². The van der Waals surface area contributed by atoms with Gasteiger partial charge < -0.3 is 20.9 Å². The van der Waals surface area contributed by atoms with Crippen LogP contribution in [0.4, 0.5) is 22.7 Å². The highest BCUT2D eigenvalue weighted by atomic mass is 16.2. The number of nitrogens with zero attached hydrogens (tertiary/aromatic N) is 1. The summed E-state index contributed by atoms with van der Waals surface area (Å²) < 4.78 is 0. The number of hydrogen-bond donors (Lipinski definition) is 3. The highest BCUT2D eigenvalue weighted by Crippen LogP contribution is 2.41. The first-order chi connectivity index (χ1) is 13.7. The number of carbonyl (C=O) groups excluding carboxylic acids is 1. The molecule has 2 heterocycles. The molecule has 1 unspecified atom stereocenters. The Morgan fingerprint density at radius 1 is 0.893 bits per heavy atom. The molecule has 0 radical (unpaired) electrons. The third kappa shape index (κ3) is 2.60. The summed E-state index contributed by atoms with van der Waals surface area (Å²) in [5, 5.41) is 4.19. The number of anilines is 4. The van der Waals surface area contributed by atoms with Gasteiger partial charge in [0.2, 0.25) is 5.91 Å². The molecule has 4 N–H and O–H groups in total. The van der Waals surface area contributed by atoms with Crippen molar-refractivity contribution in [3.63, 3.8) is 0 Å². The molecule has 1 aliphatic rings. The molecule has 5 nitrogen and oxygen atoms in total. The number of aromatic amines is 1. The lowest BCUT2D eigenvalue weighted by atomic mass is 9.98. The minimum Gasteiger partial charge on any atom is -0.397 e. The zero-order valence-electron chi connectivity index (χ0n) is 15.2. The van der Waals surface area contributed by atoms with Gasteiger partial charge in [-0.05, 0) is 35.9 Å². The van der Waals surface area contributed by atoms with Gasteiger partial charge in [0.05, 0.1) is 22.7 Å². The molecule has 0 fully saturated rings. The van der Waals surface area contributed by atoms with Crippen LogP contribution in [0, 0.1) is 0 Å². The molecule has 0 saturated carbocycles. The average Bonchev–Trinajstić information content (AvgIpc) is 3.12. The number of nitrogen functional groups attached to an aromatic ring is 1. The second-order valence-electron chi connectivity index (χ2n) is 7.01. The number of carbonyl (C=O) groups is 1. The molecule has 1 aromatic heterocycles. The van der Waals surface area contributed by atoms with Crippen LogP contribution in [-0.2, 0) is 11.2 Å². The molecule has 1 aliphatic heterocycles. The number of rotatable bonds is 3. The largest absolute Gasteiger partial charge is 0.397 e. The van der Waals surface area contributed by atoms with Gasteiger partial charge in [-0.15, -0.1) is 0 Å². The van der Waals surface area contributed by atoms with Gasteiger partial charge in [0.25, 0.3) is 0 Å². The number of para-hydroxylation sites is 5. The Balaban J connectivity index is 1.64. The van der Waals surface area contributed by atoms with Gasteiger partial charge >= 0.3 is 0 Å². The Bertz CT molecular complexity index is 1180. The van der Waals surface area contributed by atoms with Crippen molar-refractivity contribution in [2.75, 3.05) is 16.0 Å². The van der Waals surface area contributed by atoms with E-state index in [2.05, 4.69) is 21.3 Å². The molecule has 0 aliphatic carbocycles. The summed E-state index contributed by atoms with van der Waals surface area (Å²) in [5.41, 5.74) is 11.7. The highest BCUT2D eigenvalue weighted by molar-refractivity contribution is 6.06. The fourth-order valence-corrected chi connectivity index (χ4v) is 3.99. The topological polar surface area (TPSA) is 74.2 Å². The maximum atomic E-state index is 13.1. The summed E-state index contributed by atoms with van der Waals surface area (Å²) in [5.74, 6) is -0.0350. The number of nitrogens with two attached hydrogens (primary N) is 1. The van der Waals surface area contributed by atoms with Crippen LogP contribution in [0.2, 0.25) is 0 Å². The van der Waals surface area contributed by atoms with E-state index in [1.807, 2.05) is 72.9 Å². The quantitative estimate of drug-likeness (QED) is 0.468. The van der Waals surface area contributed by atoms with Crippen LogP contribution in [-0.4, -0.2) is 16.9 Å². The lowest BCUT2D eigenvalue weighted by molar-refractivity contribution is -0.117. The number of benzene rings is 3. The summed E-state index contributed by atoms with van der Waals surface area (Å²) in [6.45, 7) is 0. The van der Waals surface area contributed by atoms with Crippen LogP contribution in [0.25, 0.3) is 10.9 Å². The predicted octanol–water partition coefficient (Wildman–Crippen LogP) is 4.45. The van der Waals surface area contributed by atoms with Gasteiger partial charge in [-0.2, -0.15) is 0 Å². The van der Waals surface area contributed by atoms with Crippen molar-refractivity contribution in [1.82, 2.24) is 4.98 Å². The lowest BCUT2D eigenvalue weighted by Gasteiger charge is -2.38. The SMILES string of the molecule is Nc1ccccc1N1c2ccccc2NC(=O)C1Cc1c[nH]c2ccccc12. The first kappa shape index (κ1) is 16.4. The van der Waals surface area contributed by atoms with Gasteiger partial charge in [0.15, 0.2) is 0 Å². The molecule has 3 aromatic carbocycles. The summed E-state index contributed by atoms with van der Waals surface area (Å²) in [6.07, 6.45) is 2.56. The van der Waals surface area contributed by atoms with E-state index >= 15 is 0 Å². The van der Waals surface area contributed by atoms with E-state index in [1.165, 1.54) is 0 Å². The number of H-pyrrole nitrogens is 1. The molecule has 0 spiro atoms. The molecule has 1 atom stereocenters. The van der Waals surface area contributed by atoms with E-state index in [-0.39, 0.29) is 5.91 Å². The van der Waals surface area contributed by atoms with Crippen molar-refractivity contribution in [2.45, 2.75) is 12.5 Å². The van der Waals surface area contributed by atoms with E-state index in [9.17, 15) is 4.79 Å². The van der Waals surface area contributed by atoms with E-state index in [1.54, 1.807) is 0 Å². The third-order valence-electron chi connectivity index (χ3n) is 5.32. The maximum Gasteiger partial charge on any atom is 0.247 e. The summed E-state index contributed by atoms with van der Waals surface area (Å²) >= 11 is 0.